The Bertz CT molecular complexity index is 644. The molecule has 2 amide bonds. The number of aliphatic hydroxyl groups excluding tert-OH is 1. The molecule has 0 bridgehead atoms. The summed E-state index contributed by atoms with van der Waals surface area (Å²) >= 11 is 1.30. The van der Waals surface area contributed by atoms with Crippen molar-refractivity contribution < 1.29 is 9.90 Å². The van der Waals surface area contributed by atoms with Crippen molar-refractivity contribution in [2.75, 3.05) is 11.9 Å². The summed E-state index contributed by atoms with van der Waals surface area (Å²) in [6.07, 6.45) is 2.03. The Morgan fingerprint density at radius 3 is 2.90 bits per heavy atom. The van der Waals surface area contributed by atoms with Gasteiger partial charge in [0.15, 0.2) is 5.13 Å². The van der Waals surface area contributed by atoms with Crippen LogP contribution in [0, 0.1) is 11.8 Å². The molecular formula is C15H15N3O2S. The van der Waals surface area contributed by atoms with Crippen molar-refractivity contribution in [2.24, 2.45) is 0 Å². The van der Waals surface area contributed by atoms with Gasteiger partial charge in [-0.05, 0) is 5.56 Å². The second kappa shape index (κ2) is 8.04. The van der Waals surface area contributed by atoms with Crippen LogP contribution in [0.15, 0.2) is 36.5 Å². The third kappa shape index (κ3) is 5.26. The zero-order valence-electron chi connectivity index (χ0n) is 11.3. The van der Waals surface area contributed by atoms with E-state index in [1.165, 1.54) is 11.3 Å². The maximum Gasteiger partial charge on any atom is 0.321 e. The van der Waals surface area contributed by atoms with Gasteiger partial charge in [-0.25, -0.2) is 9.78 Å². The number of amides is 2. The molecule has 0 radical (unpaired) electrons. The summed E-state index contributed by atoms with van der Waals surface area (Å²) in [6.45, 7) is 0.500. The van der Waals surface area contributed by atoms with E-state index in [9.17, 15) is 4.79 Å². The van der Waals surface area contributed by atoms with Crippen LogP contribution in [-0.4, -0.2) is 22.7 Å². The number of aliphatic hydroxyl groups is 1. The molecule has 0 aliphatic carbocycles. The highest BCUT2D eigenvalue weighted by atomic mass is 32.1. The van der Waals surface area contributed by atoms with Gasteiger partial charge in [-0.1, -0.05) is 53.5 Å². The normalized spacial score (nSPS) is 9.57. The number of carbonyl (C=O) groups is 1. The van der Waals surface area contributed by atoms with Crippen molar-refractivity contribution in [1.29, 1.82) is 0 Å². The topological polar surface area (TPSA) is 74.2 Å². The average molecular weight is 301 g/mol. The van der Waals surface area contributed by atoms with E-state index in [1.54, 1.807) is 6.20 Å². The number of hydrogen-bond donors (Lipinski definition) is 3. The molecule has 1 heterocycles. The molecule has 0 saturated heterocycles. The van der Waals surface area contributed by atoms with Crippen LogP contribution in [0.25, 0.3) is 0 Å². The Morgan fingerprint density at radius 1 is 1.33 bits per heavy atom. The quantitative estimate of drug-likeness (QED) is 0.758. The van der Waals surface area contributed by atoms with Crippen LogP contribution in [-0.2, 0) is 6.54 Å². The minimum absolute atomic E-state index is 0.0405. The molecule has 0 spiro atoms. The second-order valence-electron chi connectivity index (χ2n) is 4.10. The maximum absolute atomic E-state index is 11.7. The lowest BCUT2D eigenvalue weighted by molar-refractivity contribution is 0.251. The van der Waals surface area contributed by atoms with Gasteiger partial charge in [0.2, 0.25) is 0 Å². The first-order chi connectivity index (χ1) is 10.3. The molecule has 2 aromatic rings. The van der Waals surface area contributed by atoms with E-state index < -0.39 is 0 Å². The van der Waals surface area contributed by atoms with Crippen molar-refractivity contribution in [1.82, 2.24) is 10.3 Å². The predicted molar refractivity (Wildman–Crippen MR) is 83.0 cm³/mol. The van der Waals surface area contributed by atoms with Crippen molar-refractivity contribution in [3.63, 3.8) is 0 Å². The molecule has 0 saturated carbocycles. The highest BCUT2D eigenvalue weighted by Gasteiger charge is 2.05. The fourth-order valence-corrected chi connectivity index (χ4v) is 2.20. The first-order valence-corrected chi connectivity index (χ1v) is 7.24. The molecule has 0 aliphatic rings. The molecule has 0 fully saturated rings. The Hall–Kier alpha value is -2.36. The summed E-state index contributed by atoms with van der Waals surface area (Å²) in [7, 11) is 0. The lowest BCUT2D eigenvalue weighted by Crippen LogP contribution is -2.28. The van der Waals surface area contributed by atoms with Gasteiger partial charge in [0.25, 0.3) is 0 Å². The standard InChI is InChI=1S/C15H15N3O2S/c19-9-5-4-8-13-11-17-15(21-13)18-14(20)16-10-12-6-2-1-3-7-12/h1-3,6-7,11,19H,5,9-10H2,(H2,16,17,18,20). The van der Waals surface area contributed by atoms with Gasteiger partial charge in [0.1, 0.15) is 0 Å². The van der Waals surface area contributed by atoms with Crippen LogP contribution in [0.3, 0.4) is 0 Å². The number of aromatic nitrogens is 1. The fraction of sp³-hybridized carbons (Fsp3) is 0.200. The summed E-state index contributed by atoms with van der Waals surface area (Å²) in [4.78, 5) is 16.6. The Balaban J connectivity index is 1.82. The Labute approximate surface area is 127 Å². The van der Waals surface area contributed by atoms with Crippen LogP contribution in [0.5, 0.6) is 0 Å². The van der Waals surface area contributed by atoms with Crippen LogP contribution in [0.1, 0.15) is 16.9 Å². The van der Waals surface area contributed by atoms with Crippen LogP contribution in [0.4, 0.5) is 9.93 Å². The molecule has 1 aromatic carbocycles. The number of urea groups is 1. The van der Waals surface area contributed by atoms with Gasteiger partial charge in [0, 0.05) is 13.0 Å². The van der Waals surface area contributed by atoms with Crippen LogP contribution < -0.4 is 10.6 Å². The summed E-state index contributed by atoms with van der Waals surface area (Å²) in [5.41, 5.74) is 1.03. The van der Waals surface area contributed by atoms with Crippen molar-refractivity contribution in [2.45, 2.75) is 13.0 Å². The summed E-state index contributed by atoms with van der Waals surface area (Å²) < 4.78 is 0. The monoisotopic (exact) mass is 301 g/mol. The Kier molecular flexibility index (Phi) is 5.76. The highest BCUT2D eigenvalue weighted by Crippen LogP contribution is 2.16. The predicted octanol–water partition coefficient (Wildman–Crippen LogP) is 2.20. The number of carbonyl (C=O) groups excluding carboxylic acids is 1. The number of hydrogen-bond acceptors (Lipinski definition) is 4. The van der Waals surface area contributed by atoms with E-state index in [4.69, 9.17) is 5.11 Å². The molecule has 0 aliphatic heterocycles. The van der Waals surface area contributed by atoms with Crippen LogP contribution in [0.2, 0.25) is 0 Å². The number of nitrogens with one attached hydrogen (secondary N) is 2. The number of rotatable bonds is 4. The summed E-state index contributed by atoms with van der Waals surface area (Å²) in [6, 6.07) is 9.36. The third-order valence-corrected chi connectivity index (χ3v) is 3.30. The number of thiazole rings is 1. The summed E-state index contributed by atoms with van der Waals surface area (Å²) in [5.74, 6) is 5.68. The van der Waals surface area contributed by atoms with Crippen molar-refractivity contribution in [3.8, 4) is 11.8 Å². The lowest BCUT2D eigenvalue weighted by atomic mass is 10.2. The molecule has 0 unspecified atom stereocenters. The van der Waals surface area contributed by atoms with Gasteiger partial charge < -0.3 is 10.4 Å². The number of benzene rings is 1. The van der Waals surface area contributed by atoms with Gasteiger partial charge in [0.05, 0.1) is 17.7 Å². The van der Waals surface area contributed by atoms with Gasteiger partial charge in [-0.3, -0.25) is 5.32 Å². The minimum Gasteiger partial charge on any atom is -0.395 e. The van der Waals surface area contributed by atoms with Gasteiger partial charge >= 0.3 is 6.03 Å². The van der Waals surface area contributed by atoms with E-state index in [2.05, 4.69) is 27.5 Å². The van der Waals surface area contributed by atoms with E-state index >= 15 is 0 Å². The van der Waals surface area contributed by atoms with Gasteiger partial charge in [-0.2, -0.15) is 0 Å². The average Bonchev–Trinajstić information content (AvgIpc) is 2.94. The molecule has 1 aromatic heterocycles. The number of nitrogens with zero attached hydrogens (tertiary/aromatic N) is 1. The summed E-state index contributed by atoms with van der Waals surface area (Å²) in [5, 5.41) is 14.6. The smallest absolute Gasteiger partial charge is 0.321 e. The fourth-order valence-electron chi connectivity index (χ4n) is 1.51. The Morgan fingerprint density at radius 2 is 2.14 bits per heavy atom. The zero-order chi connectivity index (χ0) is 14.9. The van der Waals surface area contributed by atoms with E-state index in [-0.39, 0.29) is 12.6 Å². The third-order valence-electron chi connectivity index (χ3n) is 2.47. The molecule has 3 N–H and O–H groups in total. The number of anilines is 1. The SMILES string of the molecule is O=C(NCc1ccccc1)Nc1ncc(C#CCCO)s1. The van der Waals surface area contributed by atoms with Crippen molar-refractivity contribution >= 4 is 22.5 Å². The molecule has 21 heavy (non-hydrogen) atoms. The first-order valence-electron chi connectivity index (χ1n) is 6.42. The van der Waals surface area contributed by atoms with E-state index in [0.29, 0.717) is 18.1 Å². The lowest BCUT2D eigenvalue weighted by Gasteiger charge is -2.04. The van der Waals surface area contributed by atoms with E-state index in [0.717, 1.165) is 10.4 Å². The maximum atomic E-state index is 11.7. The molecule has 108 valence electrons. The van der Waals surface area contributed by atoms with Crippen molar-refractivity contribution in [3.05, 3.63) is 47.0 Å². The molecule has 6 heteroatoms. The zero-order valence-corrected chi connectivity index (χ0v) is 12.1. The van der Waals surface area contributed by atoms with Gasteiger partial charge in [-0.15, -0.1) is 0 Å². The minimum atomic E-state index is -0.303. The molecule has 0 atom stereocenters. The largest absolute Gasteiger partial charge is 0.395 e. The molecule has 2 rings (SSSR count). The molecule has 5 nitrogen and oxygen atoms in total. The van der Waals surface area contributed by atoms with Crippen LogP contribution >= 0.6 is 11.3 Å². The first kappa shape index (κ1) is 15.0. The highest BCUT2D eigenvalue weighted by molar-refractivity contribution is 7.16. The molecular weight excluding hydrogens is 286 g/mol. The van der Waals surface area contributed by atoms with E-state index in [1.807, 2.05) is 30.3 Å². The second-order valence-corrected chi connectivity index (χ2v) is 5.13.